The van der Waals surface area contributed by atoms with E-state index in [-0.39, 0.29) is 24.3 Å². The molecule has 0 heterocycles. The van der Waals surface area contributed by atoms with E-state index in [1.165, 1.54) is 13.2 Å². The largest absolute Gasteiger partial charge is 0.493 e. The molecule has 0 saturated heterocycles. The first kappa shape index (κ1) is 21.8. The summed E-state index contributed by atoms with van der Waals surface area (Å²) < 4.78 is 10.6. The van der Waals surface area contributed by atoms with Gasteiger partial charge in [-0.1, -0.05) is 49.2 Å². The Kier molecular flexibility index (Phi) is 7.91. The van der Waals surface area contributed by atoms with Crippen LogP contribution in [0.15, 0.2) is 42.5 Å². The third kappa shape index (κ3) is 6.01. The summed E-state index contributed by atoms with van der Waals surface area (Å²) >= 11 is 12.2. The van der Waals surface area contributed by atoms with Gasteiger partial charge in [0, 0.05) is 28.2 Å². The third-order valence-electron chi connectivity index (χ3n) is 3.80. The molecule has 0 atom stereocenters. The summed E-state index contributed by atoms with van der Waals surface area (Å²) in [4.78, 5) is 23.8. The highest BCUT2D eigenvalue weighted by Crippen LogP contribution is 2.29. The number of hydrogen-bond acceptors (Lipinski definition) is 4. The maximum Gasteiger partial charge on any atom is 0.313 e. The SMILES string of the molecule is COc1cc(/C=C/C(=O)NCc2c(Cl)cccc2Cl)ccc1OC(=O)C(C)C. The molecule has 0 aliphatic rings. The summed E-state index contributed by atoms with van der Waals surface area (Å²) in [6.45, 7) is 3.72. The van der Waals surface area contributed by atoms with Gasteiger partial charge in [-0.2, -0.15) is 0 Å². The van der Waals surface area contributed by atoms with Gasteiger partial charge in [-0.25, -0.2) is 0 Å². The third-order valence-corrected chi connectivity index (χ3v) is 4.51. The van der Waals surface area contributed by atoms with Crippen molar-refractivity contribution in [1.82, 2.24) is 5.32 Å². The average Bonchev–Trinajstić information content (AvgIpc) is 2.66. The summed E-state index contributed by atoms with van der Waals surface area (Å²) in [6.07, 6.45) is 3.01. The minimum absolute atomic E-state index is 0.217. The van der Waals surface area contributed by atoms with Crippen LogP contribution in [-0.4, -0.2) is 19.0 Å². The Labute approximate surface area is 174 Å². The zero-order valence-corrected chi connectivity index (χ0v) is 17.3. The predicted molar refractivity (Wildman–Crippen MR) is 111 cm³/mol. The van der Waals surface area contributed by atoms with Gasteiger partial charge in [0.1, 0.15) is 0 Å². The Morgan fingerprint density at radius 1 is 1.11 bits per heavy atom. The predicted octanol–water partition coefficient (Wildman–Crippen LogP) is 4.89. The van der Waals surface area contributed by atoms with Crippen LogP contribution >= 0.6 is 23.2 Å². The van der Waals surface area contributed by atoms with Crippen molar-refractivity contribution in [3.05, 3.63) is 63.6 Å². The van der Waals surface area contributed by atoms with Gasteiger partial charge in [0.25, 0.3) is 0 Å². The molecule has 148 valence electrons. The Bertz CT molecular complexity index is 874. The number of halogens is 2. The Morgan fingerprint density at radius 3 is 2.39 bits per heavy atom. The van der Waals surface area contributed by atoms with Crippen molar-refractivity contribution in [2.75, 3.05) is 7.11 Å². The van der Waals surface area contributed by atoms with Crippen LogP contribution in [0.3, 0.4) is 0 Å². The lowest BCUT2D eigenvalue weighted by Gasteiger charge is -2.11. The zero-order valence-electron chi connectivity index (χ0n) is 15.8. The summed E-state index contributed by atoms with van der Waals surface area (Å²) in [5, 5.41) is 3.72. The minimum Gasteiger partial charge on any atom is -0.493 e. The molecule has 0 unspecified atom stereocenters. The van der Waals surface area contributed by atoms with Gasteiger partial charge in [0.15, 0.2) is 11.5 Å². The van der Waals surface area contributed by atoms with E-state index in [1.54, 1.807) is 56.3 Å². The number of rotatable bonds is 7. The van der Waals surface area contributed by atoms with Gasteiger partial charge < -0.3 is 14.8 Å². The second kappa shape index (κ2) is 10.2. The molecule has 0 aliphatic carbocycles. The fourth-order valence-corrected chi connectivity index (χ4v) is 2.74. The number of amides is 1. The summed E-state index contributed by atoms with van der Waals surface area (Å²) in [5.41, 5.74) is 1.37. The lowest BCUT2D eigenvalue weighted by atomic mass is 10.1. The fraction of sp³-hybridized carbons (Fsp3) is 0.238. The molecular weight excluding hydrogens is 401 g/mol. The van der Waals surface area contributed by atoms with E-state index >= 15 is 0 Å². The smallest absolute Gasteiger partial charge is 0.313 e. The van der Waals surface area contributed by atoms with Crippen LogP contribution in [0.5, 0.6) is 11.5 Å². The lowest BCUT2D eigenvalue weighted by molar-refractivity contribution is -0.137. The highest BCUT2D eigenvalue weighted by Gasteiger charge is 2.13. The minimum atomic E-state index is -0.348. The van der Waals surface area contributed by atoms with Crippen molar-refractivity contribution in [2.45, 2.75) is 20.4 Å². The molecule has 0 bridgehead atoms. The van der Waals surface area contributed by atoms with Crippen LogP contribution in [0, 0.1) is 5.92 Å². The fourth-order valence-electron chi connectivity index (χ4n) is 2.21. The van der Waals surface area contributed by atoms with Gasteiger partial charge in [0.2, 0.25) is 5.91 Å². The second-order valence-electron chi connectivity index (χ2n) is 6.24. The molecule has 0 fully saturated rings. The van der Waals surface area contributed by atoms with Crippen LogP contribution in [0.25, 0.3) is 6.08 Å². The van der Waals surface area contributed by atoms with Crippen molar-refractivity contribution in [1.29, 1.82) is 0 Å². The molecule has 0 aliphatic heterocycles. The maximum absolute atomic E-state index is 12.1. The van der Waals surface area contributed by atoms with Crippen molar-refractivity contribution in [2.24, 2.45) is 5.92 Å². The number of nitrogens with one attached hydrogen (secondary N) is 1. The zero-order chi connectivity index (χ0) is 20.7. The molecule has 0 saturated carbocycles. The first-order chi connectivity index (χ1) is 13.3. The number of carbonyl (C=O) groups is 2. The van der Waals surface area contributed by atoms with Gasteiger partial charge >= 0.3 is 5.97 Å². The monoisotopic (exact) mass is 421 g/mol. The van der Waals surface area contributed by atoms with E-state index in [0.29, 0.717) is 32.7 Å². The Morgan fingerprint density at radius 2 is 1.79 bits per heavy atom. The first-order valence-corrected chi connectivity index (χ1v) is 9.36. The van der Waals surface area contributed by atoms with E-state index in [0.717, 1.165) is 0 Å². The first-order valence-electron chi connectivity index (χ1n) is 8.60. The number of esters is 1. The molecule has 0 spiro atoms. The second-order valence-corrected chi connectivity index (χ2v) is 7.05. The summed E-state index contributed by atoms with van der Waals surface area (Å²) in [7, 11) is 1.48. The Balaban J connectivity index is 2.03. The van der Waals surface area contributed by atoms with E-state index in [1.807, 2.05) is 0 Å². The van der Waals surface area contributed by atoms with Gasteiger partial charge in [0.05, 0.1) is 13.0 Å². The van der Waals surface area contributed by atoms with Gasteiger partial charge in [-0.3, -0.25) is 9.59 Å². The van der Waals surface area contributed by atoms with Crippen molar-refractivity contribution < 1.29 is 19.1 Å². The summed E-state index contributed by atoms with van der Waals surface area (Å²) in [6, 6.07) is 10.2. The number of hydrogen-bond donors (Lipinski definition) is 1. The molecule has 28 heavy (non-hydrogen) atoms. The number of methoxy groups -OCH3 is 1. The molecule has 7 heteroatoms. The van der Waals surface area contributed by atoms with Crippen LogP contribution < -0.4 is 14.8 Å². The van der Waals surface area contributed by atoms with E-state index < -0.39 is 0 Å². The number of benzene rings is 2. The quantitative estimate of drug-likeness (QED) is 0.392. The molecule has 1 N–H and O–H groups in total. The number of carbonyl (C=O) groups excluding carboxylic acids is 2. The van der Waals surface area contributed by atoms with E-state index in [4.69, 9.17) is 32.7 Å². The van der Waals surface area contributed by atoms with Gasteiger partial charge in [-0.05, 0) is 35.9 Å². The van der Waals surface area contributed by atoms with E-state index in [2.05, 4.69) is 5.32 Å². The summed E-state index contributed by atoms with van der Waals surface area (Å²) in [5.74, 6) is -0.167. The van der Waals surface area contributed by atoms with Crippen LogP contribution in [0.1, 0.15) is 25.0 Å². The van der Waals surface area contributed by atoms with Crippen LogP contribution in [-0.2, 0) is 16.1 Å². The normalized spacial score (nSPS) is 10.9. The molecule has 0 aromatic heterocycles. The average molecular weight is 422 g/mol. The van der Waals surface area contributed by atoms with Crippen molar-refractivity contribution in [3.8, 4) is 11.5 Å². The maximum atomic E-state index is 12.1. The molecule has 1 amide bonds. The molecule has 0 radical (unpaired) electrons. The topological polar surface area (TPSA) is 64.6 Å². The van der Waals surface area contributed by atoms with Crippen LogP contribution in [0.2, 0.25) is 10.0 Å². The molecule has 5 nitrogen and oxygen atoms in total. The highest BCUT2D eigenvalue weighted by molar-refractivity contribution is 6.36. The van der Waals surface area contributed by atoms with E-state index in [9.17, 15) is 9.59 Å². The molecule has 2 rings (SSSR count). The van der Waals surface area contributed by atoms with Crippen LogP contribution in [0.4, 0.5) is 0 Å². The van der Waals surface area contributed by atoms with Gasteiger partial charge in [-0.15, -0.1) is 0 Å². The molecule has 2 aromatic carbocycles. The van der Waals surface area contributed by atoms with Crippen molar-refractivity contribution >= 4 is 41.2 Å². The highest BCUT2D eigenvalue weighted by atomic mass is 35.5. The molecule has 2 aromatic rings. The molecular formula is C21H21Cl2NO4. The lowest BCUT2D eigenvalue weighted by Crippen LogP contribution is -2.20. The Hall–Kier alpha value is -2.50. The standard InChI is InChI=1S/C21H21Cl2NO4/c1-13(2)21(26)28-18-9-7-14(11-19(18)27-3)8-10-20(25)24-12-15-16(22)5-4-6-17(15)23/h4-11,13H,12H2,1-3H3,(H,24,25)/b10-8+. The number of ether oxygens (including phenoxy) is 2. The van der Waals surface area contributed by atoms with Crippen molar-refractivity contribution in [3.63, 3.8) is 0 Å².